The van der Waals surface area contributed by atoms with Crippen molar-refractivity contribution in [3.05, 3.63) is 0 Å². The SMILES string of the molecule is CCCCCCCCCCNC(C)C(C)(C)NC. The van der Waals surface area contributed by atoms with Crippen molar-refractivity contribution < 1.29 is 0 Å². The van der Waals surface area contributed by atoms with Gasteiger partial charge in [0.25, 0.3) is 0 Å². The van der Waals surface area contributed by atoms with E-state index in [1.165, 1.54) is 51.4 Å². The van der Waals surface area contributed by atoms with Crippen molar-refractivity contribution in [3.63, 3.8) is 0 Å². The summed E-state index contributed by atoms with van der Waals surface area (Å²) in [5, 5.41) is 6.98. The van der Waals surface area contributed by atoms with Gasteiger partial charge in [0.2, 0.25) is 0 Å². The molecule has 0 bridgehead atoms. The lowest BCUT2D eigenvalue weighted by atomic mass is 9.96. The van der Waals surface area contributed by atoms with E-state index >= 15 is 0 Å². The van der Waals surface area contributed by atoms with Gasteiger partial charge in [0.05, 0.1) is 0 Å². The molecule has 0 spiro atoms. The molecule has 0 rings (SSSR count). The van der Waals surface area contributed by atoms with Gasteiger partial charge in [-0.2, -0.15) is 0 Å². The molecular formula is C16H36N2. The van der Waals surface area contributed by atoms with Crippen LogP contribution in [0.5, 0.6) is 0 Å². The number of unbranched alkanes of at least 4 members (excludes halogenated alkanes) is 7. The van der Waals surface area contributed by atoms with E-state index in [0.717, 1.165) is 6.54 Å². The van der Waals surface area contributed by atoms with Gasteiger partial charge in [-0.3, -0.25) is 0 Å². The van der Waals surface area contributed by atoms with Crippen molar-refractivity contribution in [2.75, 3.05) is 13.6 Å². The van der Waals surface area contributed by atoms with Crippen LogP contribution in [0.3, 0.4) is 0 Å². The highest BCUT2D eigenvalue weighted by molar-refractivity contribution is 4.86. The zero-order valence-corrected chi connectivity index (χ0v) is 13.4. The minimum Gasteiger partial charge on any atom is -0.313 e. The topological polar surface area (TPSA) is 24.1 Å². The summed E-state index contributed by atoms with van der Waals surface area (Å²) < 4.78 is 0. The smallest absolute Gasteiger partial charge is 0.0272 e. The second-order valence-electron chi connectivity index (χ2n) is 6.12. The highest BCUT2D eigenvalue weighted by Gasteiger charge is 2.22. The maximum absolute atomic E-state index is 3.62. The van der Waals surface area contributed by atoms with Gasteiger partial charge in [-0.1, -0.05) is 51.9 Å². The van der Waals surface area contributed by atoms with Gasteiger partial charge in [-0.25, -0.2) is 0 Å². The normalized spacial score (nSPS) is 13.8. The summed E-state index contributed by atoms with van der Waals surface area (Å²) in [5.41, 5.74) is 0.181. The van der Waals surface area contributed by atoms with Crippen molar-refractivity contribution in [2.24, 2.45) is 0 Å². The highest BCUT2D eigenvalue weighted by atomic mass is 15.0. The summed E-state index contributed by atoms with van der Waals surface area (Å²) in [6, 6.07) is 0.520. The molecular weight excluding hydrogens is 220 g/mol. The van der Waals surface area contributed by atoms with E-state index in [0.29, 0.717) is 6.04 Å². The predicted molar refractivity (Wildman–Crippen MR) is 83.2 cm³/mol. The maximum Gasteiger partial charge on any atom is 0.0272 e. The van der Waals surface area contributed by atoms with Crippen LogP contribution in [0.2, 0.25) is 0 Å². The lowest BCUT2D eigenvalue weighted by molar-refractivity contribution is 0.308. The molecule has 0 aliphatic carbocycles. The summed E-state index contributed by atoms with van der Waals surface area (Å²) in [5.74, 6) is 0. The van der Waals surface area contributed by atoms with Crippen LogP contribution in [0, 0.1) is 0 Å². The zero-order valence-electron chi connectivity index (χ0n) is 13.4. The van der Waals surface area contributed by atoms with Gasteiger partial charge in [0.1, 0.15) is 0 Å². The lowest BCUT2D eigenvalue weighted by Gasteiger charge is -2.32. The molecule has 110 valence electrons. The van der Waals surface area contributed by atoms with E-state index in [1.54, 1.807) is 0 Å². The minimum atomic E-state index is 0.181. The Labute approximate surface area is 115 Å². The Kier molecular flexibility index (Phi) is 10.8. The lowest BCUT2D eigenvalue weighted by Crippen LogP contribution is -2.53. The Hall–Kier alpha value is -0.0800. The van der Waals surface area contributed by atoms with E-state index in [4.69, 9.17) is 0 Å². The maximum atomic E-state index is 3.62. The molecule has 1 atom stereocenters. The van der Waals surface area contributed by atoms with Gasteiger partial charge in [-0.15, -0.1) is 0 Å². The molecule has 0 heterocycles. The summed E-state index contributed by atoms with van der Waals surface area (Å²) in [6.45, 7) is 10.2. The average Bonchev–Trinajstić information content (AvgIpc) is 2.36. The third kappa shape index (κ3) is 8.93. The fraction of sp³-hybridized carbons (Fsp3) is 1.00. The molecule has 2 nitrogen and oxygen atoms in total. The summed E-state index contributed by atoms with van der Waals surface area (Å²) in [7, 11) is 2.04. The minimum absolute atomic E-state index is 0.181. The molecule has 2 N–H and O–H groups in total. The molecule has 0 radical (unpaired) electrons. The quantitative estimate of drug-likeness (QED) is 0.514. The van der Waals surface area contributed by atoms with Crippen LogP contribution in [0.25, 0.3) is 0 Å². The van der Waals surface area contributed by atoms with Crippen LogP contribution in [0.1, 0.15) is 79.1 Å². The van der Waals surface area contributed by atoms with Gasteiger partial charge >= 0.3 is 0 Å². The van der Waals surface area contributed by atoms with Crippen molar-refractivity contribution in [1.29, 1.82) is 0 Å². The van der Waals surface area contributed by atoms with Crippen LogP contribution < -0.4 is 10.6 Å². The molecule has 0 aliphatic heterocycles. The molecule has 0 aliphatic rings. The van der Waals surface area contributed by atoms with Crippen molar-refractivity contribution in [1.82, 2.24) is 10.6 Å². The van der Waals surface area contributed by atoms with Crippen LogP contribution in [0.4, 0.5) is 0 Å². The Morgan fingerprint density at radius 1 is 0.889 bits per heavy atom. The first-order chi connectivity index (χ1) is 8.54. The van der Waals surface area contributed by atoms with E-state index in [-0.39, 0.29) is 5.54 Å². The molecule has 0 saturated heterocycles. The molecule has 0 aromatic carbocycles. The van der Waals surface area contributed by atoms with Crippen LogP contribution in [-0.2, 0) is 0 Å². The molecule has 0 saturated carbocycles. The molecule has 0 amide bonds. The fourth-order valence-electron chi connectivity index (χ4n) is 2.05. The Balaban J connectivity index is 3.30. The second kappa shape index (κ2) is 10.8. The van der Waals surface area contributed by atoms with Crippen LogP contribution in [0.15, 0.2) is 0 Å². The average molecular weight is 256 g/mol. The zero-order chi connectivity index (χ0) is 13.9. The van der Waals surface area contributed by atoms with E-state index in [1.807, 2.05) is 7.05 Å². The molecule has 0 aromatic rings. The predicted octanol–water partition coefficient (Wildman–Crippen LogP) is 4.10. The standard InChI is InChI=1S/C16H36N2/c1-6-7-8-9-10-11-12-13-14-18-15(2)16(3,4)17-5/h15,17-18H,6-14H2,1-5H3. The van der Waals surface area contributed by atoms with Gasteiger partial charge in [0, 0.05) is 11.6 Å². The summed E-state index contributed by atoms with van der Waals surface area (Å²) in [4.78, 5) is 0. The third-order valence-electron chi connectivity index (χ3n) is 4.21. The van der Waals surface area contributed by atoms with Crippen molar-refractivity contribution >= 4 is 0 Å². The van der Waals surface area contributed by atoms with E-state index < -0.39 is 0 Å². The molecule has 2 heteroatoms. The van der Waals surface area contributed by atoms with Crippen molar-refractivity contribution in [2.45, 2.75) is 90.6 Å². The fourth-order valence-corrected chi connectivity index (χ4v) is 2.05. The first-order valence-electron chi connectivity index (χ1n) is 7.97. The van der Waals surface area contributed by atoms with Gasteiger partial charge in [-0.05, 0) is 40.8 Å². The number of hydrogen-bond acceptors (Lipinski definition) is 2. The number of nitrogens with one attached hydrogen (secondary N) is 2. The number of likely N-dealkylation sites (N-methyl/N-ethyl adjacent to an activating group) is 1. The van der Waals surface area contributed by atoms with E-state index in [9.17, 15) is 0 Å². The van der Waals surface area contributed by atoms with Gasteiger partial charge in [0.15, 0.2) is 0 Å². The molecule has 1 unspecified atom stereocenters. The van der Waals surface area contributed by atoms with Crippen LogP contribution >= 0.6 is 0 Å². The summed E-state index contributed by atoms with van der Waals surface area (Å²) in [6.07, 6.45) is 11.2. The largest absolute Gasteiger partial charge is 0.313 e. The molecule has 0 fully saturated rings. The van der Waals surface area contributed by atoms with Crippen molar-refractivity contribution in [3.8, 4) is 0 Å². The number of rotatable bonds is 12. The number of hydrogen-bond donors (Lipinski definition) is 2. The Bertz CT molecular complexity index is 178. The van der Waals surface area contributed by atoms with E-state index in [2.05, 4.69) is 38.3 Å². The first-order valence-corrected chi connectivity index (χ1v) is 7.97. The monoisotopic (exact) mass is 256 g/mol. The second-order valence-corrected chi connectivity index (χ2v) is 6.12. The molecule has 0 aromatic heterocycles. The first kappa shape index (κ1) is 17.9. The molecule has 18 heavy (non-hydrogen) atoms. The third-order valence-corrected chi connectivity index (χ3v) is 4.21. The summed E-state index contributed by atoms with van der Waals surface area (Å²) >= 11 is 0. The Morgan fingerprint density at radius 3 is 1.89 bits per heavy atom. The highest BCUT2D eigenvalue weighted by Crippen LogP contribution is 2.09. The van der Waals surface area contributed by atoms with Gasteiger partial charge < -0.3 is 10.6 Å². The Morgan fingerprint density at radius 2 is 1.39 bits per heavy atom. The van der Waals surface area contributed by atoms with Crippen LogP contribution in [-0.4, -0.2) is 25.2 Å².